The second kappa shape index (κ2) is 4.53. The van der Waals surface area contributed by atoms with Crippen molar-refractivity contribution in [1.82, 2.24) is 4.98 Å². The Bertz CT molecular complexity index is 494. The highest BCUT2D eigenvalue weighted by Gasteiger charge is 2.02. The van der Waals surface area contributed by atoms with Crippen LogP contribution in [-0.4, -0.2) is 4.98 Å². The number of nitrogens with zero attached hydrogens (tertiary/aromatic N) is 1. The lowest BCUT2D eigenvalue weighted by atomic mass is 10.1. The second-order valence-electron chi connectivity index (χ2n) is 3.72. The molecule has 0 spiro atoms. The fourth-order valence-electron chi connectivity index (χ4n) is 1.50. The highest BCUT2D eigenvalue weighted by atomic mass is 32.1. The van der Waals surface area contributed by atoms with Gasteiger partial charge in [-0.3, -0.25) is 0 Å². The molecule has 0 aliphatic heterocycles. The normalized spacial score (nSPS) is 10.4. The van der Waals surface area contributed by atoms with Crippen LogP contribution in [0.5, 0.6) is 5.75 Å². The van der Waals surface area contributed by atoms with Gasteiger partial charge >= 0.3 is 0 Å². The quantitative estimate of drug-likeness (QED) is 0.888. The lowest BCUT2D eigenvalue weighted by Crippen LogP contribution is -1.95. The predicted octanol–water partition coefficient (Wildman–Crippen LogP) is 2.92. The molecule has 1 aromatic carbocycles. The molecule has 2 aromatic rings. The molecule has 3 nitrogen and oxygen atoms in total. The number of ether oxygens (including phenoxy) is 1. The molecule has 0 atom stereocenters. The molecular weight excluding hydrogens is 220 g/mol. The molecule has 0 fully saturated rings. The van der Waals surface area contributed by atoms with Gasteiger partial charge in [0.05, 0.1) is 4.88 Å². The first-order valence-electron chi connectivity index (χ1n) is 5.05. The summed E-state index contributed by atoms with van der Waals surface area (Å²) >= 11 is 1.46. The van der Waals surface area contributed by atoms with Crippen LogP contribution in [0.4, 0.5) is 5.13 Å². The molecule has 0 amide bonds. The number of hydrogen-bond donors (Lipinski definition) is 1. The van der Waals surface area contributed by atoms with Crippen LogP contribution in [0.3, 0.4) is 0 Å². The van der Waals surface area contributed by atoms with Gasteiger partial charge in [-0.15, -0.1) is 0 Å². The third kappa shape index (κ3) is 2.52. The molecule has 0 aliphatic carbocycles. The summed E-state index contributed by atoms with van der Waals surface area (Å²) in [5, 5.41) is 0.583. The molecule has 2 N–H and O–H groups in total. The summed E-state index contributed by atoms with van der Waals surface area (Å²) in [6, 6.07) is 6.15. The number of nitrogen functional groups attached to an aromatic ring is 1. The molecule has 16 heavy (non-hydrogen) atoms. The third-order valence-electron chi connectivity index (χ3n) is 2.27. The van der Waals surface area contributed by atoms with Crippen molar-refractivity contribution in [3.05, 3.63) is 40.4 Å². The summed E-state index contributed by atoms with van der Waals surface area (Å²) in [4.78, 5) is 5.02. The lowest BCUT2D eigenvalue weighted by molar-refractivity contribution is 0.307. The van der Waals surface area contributed by atoms with Gasteiger partial charge in [0.25, 0.3) is 0 Å². The number of thiazole rings is 1. The zero-order chi connectivity index (χ0) is 11.5. The van der Waals surface area contributed by atoms with Gasteiger partial charge in [0, 0.05) is 6.20 Å². The summed E-state index contributed by atoms with van der Waals surface area (Å²) < 4.78 is 5.71. The largest absolute Gasteiger partial charge is 0.488 e. The number of benzene rings is 1. The topological polar surface area (TPSA) is 48.1 Å². The second-order valence-corrected chi connectivity index (χ2v) is 4.87. The van der Waals surface area contributed by atoms with E-state index in [4.69, 9.17) is 10.5 Å². The number of aromatic nitrogens is 1. The van der Waals surface area contributed by atoms with E-state index in [0.29, 0.717) is 11.7 Å². The Labute approximate surface area is 98.9 Å². The van der Waals surface area contributed by atoms with E-state index < -0.39 is 0 Å². The Morgan fingerprint density at radius 1 is 1.38 bits per heavy atom. The molecule has 1 heterocycles. The average Bonchev–Trinajstić information content (AvgIpc) is 2.63. The Hall–Kier alpha value is -1.55. The van der Waals surface area contributed by atoms with E-state index >= 15 is 0 Å². The molecule has 2 rings (SSSR count). The van der Waals surface area contributed by atoms with Crippen LogP contribution < -0.4 is 10.5 Å². The van der Waals surface area contributed by atoms with Gasteiger partial charge in [0.2, 0.25) is 0 Å². The minimum Gasteiger partial charge on any atom is -0.488 e. The predicted molar refractivity (Wildman–Crippen MR) is 66.8 cm³/mol. The molecular formula is C12H14N2OS. The summed E-state index contributed by atoms with van der Waals surface area (Å²) in [5.74, 6) is 0.914. The summed E-state index contributed by atoms with van der Waals surface area (Å²) in [6.45, 7) is 4.64. The Morgan fingerprint density at radius 3 is 2.81 bits per heavy atom. The van der Waals surface area contributed by atoms with Crippen LogP contribution in [0.1, 0.15) is 16.0 Å². The van der Waals surface area contributed by atoms with Crippen molar-refractivity contribution in [3.63, 3.8) is 0 Å². The zero-order valence-electron chi connectivity index (χ0n) is 9.36. The molecule has 0 radical (unpaired) electrons. The van der Waals surface area contributed by atoms with Crippen LogP contribution in [0.25, 0.3) is 0 Å². The SMILES string of the molecule is Cc1ccc(OCc2cnc(N)s2)c(C)c1. The van der Waals surface area contributed by atoms with Crippen molar-refractivity contribution in [3.8, 4) is 5.75 Å². The van der Waals surface area contributed by atoms with Crippen LogP contribution in [0.2, 0.25) is 0 Å². The van der Waals surface area contributed by atoms with Gasteiger partial charge in [0.1, 0.15) is 12.4 Å². The van der Waals surface area contributed by atoms with Crippen molar-refractivity contribution >= 4 is 16.5 Å². The molecule has 1 aromatic heterocycles. The van der Waals surface area contributed by atoms with Crippen molar-refractivity contribution in [2.75, 3.05) is 5.73 Å². The Morgan fingerprint density at radius 2 is 2.19 bits per heavy atom. The van der Waals surface area contributed by atoms with Gasteiger partial charge in [-0.25, -0.2) is 4.98 Å². The van der Waals surface area contributed by atoms with Gasteiger partial charge < -0.3 is 10.5 Å². The van der Waals surface area contributed by atoms with Crippen LogP contribution in [0.15, 0.2) is 24.4 Å². The first-order chi connectivity index (χ1) is 7.65. The Balaban J connectivity index is 2.04. The van der Waals surface area contributed by atoms with E-state index in [1.54, 1.807) is 6.20 Å². The molecule has 4 heteroatoms. The van der Waals surface area contributed by atoms with E-state index in [-0.39, 0.29) is 0 Å². The summed E-state index contributed by atoms with van der Waals surface area (Å²) in [5.41, 5.74) is 7.94. The monoisotopic (exact) mass is 234 g/mol. The molecule has 0 aliphatic rings. The fraction of sp³-hybridized carbons (Fsp3) is 0.250. The van der Waals surface area contributed by atoms with Crippen LogP contribution in [-0.2, 0) is 6.61 Å². The van der Waals surface area contributed by atoms with Gasteiger partial charge in [-0.1, -0.05) is 29.0 Å². The highest BCUT2D eigenvalue weighted by Crippen LogP contribution is 2.22. The summed E-state index contributed by atoms with van der Waals surface area (Å²) in [6.07, 6.45) is 1.75. The maximum Gasteiger partial charge on any atom is 0.180 e. The maximum atomic E-state index is 5.71. The number of aryl methyl sites for hydroxylation is 2. The highest BCUT2D eigenvalue weighted by molar-refractivity contribution is 7.15. The smallest absolute Gasteiger partial charge is 0.180 e. The molecule has 0 saturated heterocycles. The minimum atomic E-state index is 0.527. The van der Waals surface area contributed by atoms with E-state index in [1.807, 2.05) is 19.1 Å². The maximum absolute atomic E-state index is 5.71. The Kier molecular flexibility index (Phi) is 3.10. The van der Waals surface area contributed by atoms with Crippen molar-refractivity contribution < 1.29 is 4.74 Å². The van der Waals surface area contributed by atoms with E-state index in [0.717, 1.165) is 16.2 Å². The van der Waals surface area contributed by atoms with Crippen molar-refractivity contribution in [2.24, 2.45) is 0 Å². The molecule has 0 unspecified atom stereocenters. The number of rotatable bonds is 3. The van der Waals surface area contributed by atoms with Crippen molar-refractivity contribution in [2.45, 2.75) is 20.5 Å². The average molecular weight is 234 g/mol. The van der Waals surface area contributed by atoms with Gasteiger partial charge in [-0.2, -0.15) is 0 Å². The van der Waals surface area contributed by atoms with Crippen LogP contribution in [0, 0.1) is 13.8 Å². The minimum absolute atomic E-state index is 0.527. The third-order valence-corrected chi connectivity index (χ3v) is 3.07. The molecule has 84 valence electrons. The molecule has 0 saturated carbocycles. The summed E-state index contributed by atoms with van der Waals surface area (Å²) in [7, 11) is 0. The van der Waals surface area contributed by atoms with Crippen LogP contribution >= 0.6 is 11.3 Å². The molecule has 0 bridgehead atoms. The fourth-order valence-corrected chi connectivity index (χ4v) is 2.10. The van der Waals surface area contributed by atoms with Crippen molar-refractivity contribution in [1.29, 1.82) is 0 Å². The number of nitrogens with two attached hydrogens (primary N) is 1. The van der Waals surface area contributed by atoms with Gasteiger partial charge in [0.15, 0.2) is 5.13 Å². The van der Waals surface area contributed by atoms with E-state index in [9.17, 15) is 0 Å². The van der Waals surface area contributed by atoms with Gasteiger partial charge in [-0.05, 0) is 25.5 Å². The van der Waals surface area contributed by atoms with E-state index in [1.165, 1.54) is 16.9 Å². The number of hydrogen-bond acceptors (Lipinski definition) is 4. The zero-order valence-corrected chi connectivity index (χ0v) is 10.2. The number of anilines is 1. The van der Waals surface area contributed by atoms with E-state index in [2.05, 4.69) is 18.0 Å². The first-order valence-corrected chi connectivity index (χ1v) is 5.87. The first kappa shape index (κ1) is 11.0. The standard InChI is InChI=1S/C12H14N2OS/c1-8-3-4-11(9(2)5-8)15-7-10-6-14-12(13)16-10/h3-6H,7H2,1-2H3,(H2,13,14). The lowest BCUT2D eigenvalue weighted by Gasteiger charge is -2.08.